The zero-order chi connectivity index (χ0) is 13.1. The van der Waals surface area contributed by atoms with Gasteiger partial charge in [0.25, 0.3) is 0 Å². The van der Waals surface area contributed by atoms with Crippen LogP contribution < -0.4 is 5.32 Å². The number of aliphatic hydroxyl groups is 1. The summed E-state index contributed by atoms with van der Waals surface area (Å²) in [5.74, 6) is 0.258. The molecule has 0 aromatic heterocycles. The topological polar surface area (TPSA) is 52.5 Å². The Labute approximate surface area is 124 Å². The first-order valence-corrected chi connectivity index (χ1v) is 7.73. The smallest absolute Gasteiger partial charge is 0.130 e. The van der Waals surface area contributed by atoms with Crippen molar-refractivity contribution in [3.8, 4) is 5.75 Å². The first-order chi connectivity index (χ1) is 8.56. The summed E-state index contributed by atoms with van der Waals surface area (Å²) in [6.07, 6.45) is 3.67. The monoisotopic (exact) mass is 377 g/mol. The molecule has 1 aromatic carbocycles. The lowest BCUT2D eigenvalue weighted by Crippen LogP contribution is -2.34. The second-order valence-electron chi connectivity index (χ2n) is 4.78. The SMILES string of the molecule is Oc1cc(CNC2CCC(O)CC2)c(Br)cc1Br. The van der Waals surface area contributed by atoms with Gasteiger partial charge in [-0.2, -0.15) is 0 Å². The lowest BCUT2D eigenvalue weighted by atomic mass is 9.93. The second-order valence-corrected chi connectivity index (χ2v) is 6.49. The summed E-state index contributed by atoms with van der Waals surface area (Å²) < 4.78 is 1.68. The van der Waals surface area contributed by atoms with E-state index >= 15 is 0 Å². The number of aliphatic hydroxyl groups excluding tert-OH is 1. The van der Waals surface area contributed by atoms with Crippen LogP contribution in [0, 0.1) is 0 Å². The van der Waals surface area contributed by atoms with Crippen LogP contribution in [0.4, 0.5) is 0 Å². The van der Waals surface area contributed by atoms with Crippen molar-refractivity contribution >= 4 is 31.9 Å². The zero-order valence-electron chi connectivity index (χ0n) is 10.00. The fourth-order valence-electron chi connectivity index (χ4n) is 2.25. The zero-order valence-corrected chi connectivity index (χ0v) is 13.2. The third-order valence-electron chi connectivity index (χ3n) is 3.39. The van der Waals surface area contributed by atoms with Crippen molar-refractivity contribution in [3.05, 3.63) is 26.6 Å². The maximum absolute atomic E-state index is 9.67. The molecule has 0 aliphatic heterocycles. The number of phenolic OH excluding ortho intramolecular Hbond substituents is 1. The van der Waals surface area contributed by atoms with Gasteiger partial charge in [0.1, 0.15) is 5.75 Å². The summed E-state index contributed by atoms with van der Waals surface area (Å²) in [5, 5.41) is 22.6. The summed E-state index contributed by atoms with van der Waals surface area (Å²) in [6, 6.07) is 4.08. The van der Waals surface area contributed by atoms with Crippen LogP contribution in [0.1, 0.15) is 31.2 Å². The van der Waals surface area contributed by atoms with Crippen LogP contribution in [0.25, 0.3) is 0 Å². The molecule has 0 atom stereocenters. The van der Waals surface area contributed by atoms with Crippen molar-refractivity contribution in [2.45, 2.75) is 44.4 Å². The van der Waals surface area contributed by atoms with Gasteiger partial charge in [-0.25, -0.2) is 0 Å². The highest BCUT2D eigenvalue weighted by Gasteiger charge is 2.19. The molecule has 0 heterocycles. The highest BCUT2D eigenvalue weighted by Crippen LogP contribution is 2.30. The van der Waals surface area contributed by atoms with Crippen LogP contribution in [0.2, 0.25) is 0 Å². The van der Waals surface area contributed by atoms with Gasteiger partial charge in [0.15, 0.2) is 0 Å². The number of hydrogen-bond donors (Lipinski definition) is 3. The van der Waals surface area contributed by atoms with E-state index in [0.717, 1.165) is 42.3 Å². The molecule has 100 valence electrons. The Hall–Kier alpha value is -0.100. The number of nitrogens with one attached hydrogen (secondary N) is 1. The number of aromatic hydroxyl groups is 1. The molecule has 3 N–H and O–H groups in total. The Morgan fingerprint density at radius 2 is 1.78 bits per heavy atom. The average Bonchev–Trinajstić information content (AvgIpc) is 2.34. The molecule has 5 heteroatoms. The molecule has 2 rings (SSSR count). The van der Waals surface area contributed by atoms with Crippen LogP contribution in [-0.4, -0.2) is 22.4 Å². The quantitative estimate of drug-likeness (QED) is 0.756. The van der Waals surface area contributed by atoms with Crippen molar-refractivity contribution < 1.29 is 10.2 Å². The summed E-state index contributed by atoms with van der Waals surface area (Å²) in [4.78, 5) is 0. The Bertz CT molecular complexity index is 418. The maximum atomic E-state index is 9.67. The normalized spacial score (nSPS) is 24.2. The molecule has 0 unspecified atom stereocenters. The number of hydrogen-bond acceptors (Lipinski definition) is 3. The minimum atomic E-state index is -0.119. The number of halogens is 2. The van der Waals surface area contributed by atoms with E-state index in [1.165, 1.54) is 0 Å². The van der Waals surface area contributed by atoms with E-state index in [2.05, 4.69) is 37.2 Å². The predicted molar refractivity (Wildman–Crippen MR) is 78.6 cm³/mol. The predicted octanol–water partition coefficient (Wildman–Crippen LogP) is 3.31. The number of rotatable bonds is 3. The molecular weight excluding hydrogens is 362 g/mol. The summed E-state index contributed by atoms with van der Waals surface area (Å²) in [6.45, 7) is 0.724. The molecular formula is C13H17Br2NO2. The highest BCUT2D eigenvalue weighted by atomic mass is 79.9. The van der Waals surface area contributed by atoms with E-state index in [1.807, 2.05) is 6.07 Å². The first kappa shape index (κ1) is 14.3. The number of benzene rings is 1. The Balaban J connectivity index is 1.92. The third-order valence-corrected chi connectivity index (χ3v) is 4.77. The van der Waals surface area contributed by atoms with E-state index < -0.39 is 0 Å². The van der Waals surface area contributed by atoms with Gasteiger partial charge in [0, 0.05) is 17.1 Å². The molecule has 1 aromatic rings. The van der Waals surface area contributed by atoms with Gasteiger partial charge in [0.05, 0.1) is 10.6 Å². The molecule has 1 fully saturated rings. The maximum Gasteiger partial charge on any atom is 0.130 e. The van der Waals surface area contributed by atoms with E-state index in [4.69, 9.17) is 0 Å². The fourth-order valence-corrected chi connectivity index (χ4v) is 3.38. The van der Waals surface area contributed by atoms with Crippen LogP contribution in [-0.2, 0) is 6.54 Å². The molecule has 3 nitrogen and oxygen atoms in total. The second kappa shape index (κ2) is 6.37. The Morgan fingerprint density at radius 1 is 1.11 bits per heavy atom. The van der Waals surface area contributed by atoms with Gasteiger partial charge in [-0.15, -0.1) is 0 Å². The van der Waals surface area contributed by atoms with E-state index in [1.54, 1.807) is 6.07 Å². The van der Waals surface area contributed by atoms with Crippen LogP contribution in [0.5, 0.6) is 5.75 Å². The Kier molecular flexibility index (Phi) is 5.06. The van der Waals surface area contributed by atoms with Gasteiger partial charge >= 0.3 is 0 Å². The summed E-state index contributed by atoms with van der Waals surface area (Å²) >= 11 is 6.78. The molecule has 1 aliphatic carbocycles. The highest BCUT2D eigenvalue weighted by molar-refractivity contribution is 9.11. The summed E-state index contributed by atoms with van der Waals surface area (Å²) in [5.41, 5.74) is 1.04. The molecule has 0 spiro atoms. The van der Waals surface area contributed by atoms with Gasteiger partial charge in [-0.05, 0) is 59.3 Å². The number of phenols is 1. The van der Waals surface area contributed by atoms with Crippen molar-refractivity contribution in [3.63, 3.8) is 0 Å². The van der Waals surface area contributed by atoms with Gasteiger partial charge in [0.2, 0.25) is 0 Å². The molecule has 0 radical (unpaired) electrons. The molecule has 0 amide bonds. The third kappa shape index (κ3) is 3.70. The van der Waals surface area contributed by atoms with Crippen molar-refractivity contribution in [2.75, 3.05) is 0 Å². The van der Waals surface area contributed by atoms with Crippen LogP contribution >= 0.6 is 31.9 Å². The van der Waals surface area contributed by atoms with Gasteiger partial charge < -0.3 is 15.5 Å². The van der Waals surface area contributed by atoms with Gasteiger partial charge in [-0.1, -0.05) is 15.9 Å². The summed E-state index contributed by atoms with van der Waals surface area (Å²) in [7, 11) is 0. The van der Waals surface area contributed by atoms with Gasteiger partial charge in [-0.3, -0.25) is 0 Å². The average molecular weight is 379 g/mol. The Morgan fingerprint density at radius 3 is 2.44 bits per heavy atom. The molecule has 0 bridgehead atoms. The molecule has 18 heavy (non-hydrogen) atoms. The fraction of sp³-hybridized carbons (Fsp3) is 0.538. The largest absolute Gasteiger partial charge is 0.507 e. The molecule has 0 saturated heterocycles. The lowest BCUT2D eigenvalue weighted by Gasteiger charge is -2.26. The van der Waals surface area contributed by atoms with Crippen molar-refractivity contribution in [1.82, 2.24) is 5.32 Å². The van der Waals surface area contributed by atoms with Crippen molar-refractivity contribution in [1.29, 1.82) is 0 Å². The molecule has 1 aliphatic rings. The van der Waals surface area contributed by atoms with Crippen molar-refractivity contribution in [2.24, 2.45) is 0 Å². The molecule has 1 saturated carbocycles. The van der Waals surface area contributed by atoms with Crippen LogP contribution in [0.3, 0.4) is 0 Å². The van der Waals surface area contributed by atoms with E-state index in [9.17, 15) is 10.2 Å². The minimum absolute atomic E-state index is 0.119. The minimum Gasteiger partial charge on any atom is -0.507 e. The van der Waals surface area contributed by atoms with E-state index in [0.29, 0.717) is 10.5 Å². The standard InChI is InChI=1S/C13H17Br2NO2/c14-11-6-12(15)13(18)5-8(11)7-16-9-1-3-10(17)4-2-9/h5-6,9-10,16-18H,1-4,7H2. The van der Waals surface area contributed by atoms with E-state index in [-0.39, 0.29) is 11.9 Å². The lowest BCUT2D eigenvalue weighted by molar-refractivity contribution is 0.116. The van der Waals surface area contributed by atoms with Crippen LogP contribution in [0.15, 0.2) is 21.1 Å². The first-order valence-electron chi connectivity index (χ1n) is 6.14.